The molecule has 1 aromatic carbocycles. The SMILES string of the molecule is COc1cccc(NC(=O)NC[C@H]2O[C@@H](CO)[C@@H](O)[C@H]2N(C)CCc2ccccn2)c1.Cl.Cl. The number of ether oxygens (including phenoxy) is 2. The van der Waals surface area contributed by atoms with Gasteiger partial charge in [-0.05, 0) is 31.3 Å². The standard InChI is InChI=1S/C22H30N4O5.2ClH/c1-26(11-9-15-6-3-4-10-23-15)20-18(31-19(14-27)21(20)28)13-24-22(29)25-16-7-5-8-17(12-16)30-2;;/h3-8,10,12,18-21,27-28H,9,11,13-14H2,1-2H3,(H2,24,25,29);2*1H/t18-,19+,20+,21-;;/m1../s1. The molecule has 2 aromatic rings. The van der Waals surface area contributed by atoms with Crippen molar-refractivity contribution in [3.05, 3.63) is 54.4 Å². The first-order chi connectivity index (χ1) is 15.0. The number of aliphatic hydroxyl groups is 2. The third-order valence-corrected chi connectivity index (χ3v) is 5.39. The van der Waals surface area contributed by atoms with Gasteiger partial charge in [0.05, 0.1) is 25.9 Å². The van der Waals surface area contributed by atoms with Crippen molar-refractivity contribution in [2.75, 3.05) is 39.2 Å². The Labute approximate surface area is 206 Å². The molecule has 1 aliphatic heterocycles. The highest BCUT2D eigenvalue weighted by atomic mass is 35.5. The number of methoxy groups -OCH3 is 1. The number of halogens is 2. The summed E-state index contributed by atoms with van der Waals surface area (Å²) in [5, 5.41) is 25.8. The van der Waals surface area contributed by atoms with Crippen molar-refractivity contribution in [3.63, 3.8) is 0 Å². The molecule has 0 spiro atoms. The zero-order valence-corrected chi connectivity index (χ0v) is 20.2. The van der Waals surface area contributed by atoms with Crippen molar-refractivity contribution in [2.45, 2.75) is 30.8 Å². The summed E-state index contributed by atoms with van der Waals surface area (Å²) in [6.07, 6.45) is 0.415. The van der Waals surface area contributed by atoms with Crippen LogP contribution in [0.4, 0.5) is 10.5 Å². The highest BCUT2D eigenvalue weighted by Gasteiger charge is 2.45. The second-order valence-corrected chi connectivity index (χ2v) is 7.50. The number of anilines is 1. The van der Waals surface area contributed by atoms with Gasteiger partial charge in [0.15, 0.2) is 0 Å². The van der Waals surface area contributed by atoms with E-state index in [9.17, 15) is 15.0 Å². The fraction of sp³-hybridized carbons (Fsp3) is 0.455. The molecule has 1 aromatic heterocycles. The lowest BCUT2D eigenvalue weighted by Crippen LogP contribution is -2.50. The van der Waals surface area contributed by atoms with Crippen LogP contribution in [0.5, 0.6) is 5.75 Å². The molecule has 1 saturated heterocycles. The predicted octanol–water partition coefficient (Wildman–Crippen LogP) is 1.72. The molecule has 4 N–H and O–H groups in total. The van der Waals surface area contributed by atoms with E-state index in [1.54, 1.807) is 37.6 Å². The number of hydrogen-bond acceptors (Lipinski definition) is 7. The maximum atomic E-state index is 12.3. The number of urea groups is 1. The van der Waals surface area contributed by atoms with Crippen LogP contribution in [-0.2, 0) is 11.2 Å². The first kappa shape index (κ1) is 28.9. The number of nitrogens with zero attached hydrogens (tertiary/aromatic N) is 2. The highest BCUT2D eigenvalue weighted by molar-refractivity contribution is 5.89. The molecule has 9 nitrogen and oxygen atoms in total. The van der Waals surface area contributed by atoms with Crippen LogP contribution in [0.15, 0.2) is 48.7 Å². The van der Waals surface area contributed by atoms with Gasteiger partial charge < -0.3 is 30.3 Å². The number of rotatable bonds is 9. The minimum atomic E-state index is -0.869. The molecule has 2 amide bonds. The van der Waals surface area contributed by atoms with E-state index in [0.29, 0.717) is 24.4 Å². The normalized spacial score (nSPS) is 21.6. The Morgan fingerprint density at radius 1 is 1.21 bits per heavy atom. The van der Waals surface area contributed by atoms with Crippen molar-refractivity contribution in [1.29, 1.82) is 0 Å². The van der Waals surface area contributed by atoms with Gasteiger partial charge in [-0.3, -0.25) is 9.88 Å². The van der Waals surface area contributed by atoms with Crippen molar-refractivity contribution in [2.24, 2.45) is 0 Å². The number of aliphatic hydroxyl groups excluding tert-OH is 2. The number of likely N-dealkylation sites (N-methyl/N-ethyl adjacent to an activating group) is 1. The van der Waals surface area contributed by atoms with E-state index in [1.807, 2.05) is 30.1 Å². The predicted molar refractivity (Wildman–Crippen MR) is 131 cm³/mol. The quantitative estimate of drug-likeness (QED) is 0.412. The minimum absolute atomic E-state index is 0. The van der Waals surface area contributed by atoms with Crippen molar-refractivity contribution in [3.8, 4) is 5.75 Å². The van der Waals surface area contributed by atoms with Crippen molar-refractivity contribution >= 4 is 36.5 Å². The van der Waals surface area contributed by atoms with E-state index in [-0.39, 0.29) is 44.0 Å². The van der Waals surface area contributed by atoms with E-state index in [1.165, 1.54) is 0 Å². The van der Waals surface area contributed by atoms with Gasteiger partial charge >= 0.3 is 6.03 Å². The van der Waals surface area contributed by atoms with E-state index in [2.05, 4.69) is 15.6 Å². The Balaban J connectivity index is 0.00000272. The molecular weight excluding hydrogens is 471 g/mol. The number of amides is 2. The number of carbonyl (C=O) groups excluding carboxylic acids is 1. The molecule has 3 rings (SSSR count). The highest BCUT2D eigenvalue weighted by Crippen LogP contribution is 2.25. The van der Waals surface area contributed by atoms with Crippen LogP contribution in [0.2, 0.25) is 0 Å². The summed E-state index contributed by atoms with van der Waals surface area (Å²) in [5.41, 5.74) is 1.55. The lowest BCUT2D eigenvalue weighted by molar-refractivity contribution is -0.0205. The first-order valence-corrected chi connectivity index (χ1v) is 10.2. The van der Waals surface area contributed by atoms with Crippen LogP contribution in [0.25, 0.3) is 0 Å². The minimum Gasteiger partial charge on any atom is -0.497 e. The van der Waals surface area contributed by atoms with Gasteiger partial charge in [-0.1, -0.05) is 12.1 Å². The molecule has 33 heavy (non-hydrogen) atoms. The van der Waals surface area contributed by atoms with Crippen molar-refractivity contribution < 1.29 is 24.5 Å². The van der Waals surface area contributed by atoms with Gasteiger partial charge in [-0.15, -0.1) is 24.8 Å². The third kappa shape index (κ3) is 7.99. The Bertz CT molecular complexity index is 849. The zero-order chi connectivity index (χ0) is 22.2. The van der Waals surface area contributed by atoms with E-state index in [4.69, 9.17) is 9.47 Å². The number of hydrogen-bond donors (Lipinski definition) is 4. The Hall–Kier alpha value is -2.14. The zero-order valence-electron chi connectivity index (χ0n) is 18.6. The van der Waals surface area contributed by atoms with Crippen LogP contribution < -0.4 is 15.4 Å². The summed E-state index contributed by atoms with van der Waals surface area (Å²) >= 11 is 0. The fourth-order valence-electron chi connectivity index (χ4n) is 3.75. The second kappa shape index (κ2) is 14.2. The summed E-state index contributed by atoms with van der Waals surface area (Å²) in [6, 6.07) is 12.0. The molecule has 2 heterocycles. The third-order valence-electron chi connectivity index (χ3n) is 5.39. The van der Waals surface area contributed by atoms with Crippen LogP contribution in [0.1, 0.15) is 5.69 Å². The summed E-state index contributed by atoms with van der Waals surface area (Å²) < 4.78 is 11.0. The van der Waals surface area contributed by atoms with Gasteiger partial charge in [0.1, 0.15) is 18.0 Å². The maximum absolute atomic E-state index is 12.3. The Kier molecular flexibility index (Phi) is 12.4. The summed E-state index contributed by atoms with van der Waals surface area (Å²) in [7, 11) is 3.45. The molecule has 1 fully saturated rings. The van der Waals surface area contributed by atoms with Gasteiger partial charge in [-0.25, -0.2) is 4.79 Å². The largest absolute Gasteiger partial charge is 0.497 e. The number of nitrogens with one attached hydrogen (secondary N) is 2. The molecule has 0 bridgehead atoms. The number of pyridine rings is 1. The number of benzene rings is 1. The molecule has 0 unspecified atom stereocenters. The lowest BCUT2D eigenvalue weighted by atomic mass is 10.0. The topological polar surface area (TPSA) is 116 Å². The average molecular weight is 503 g/mol. The number of carbonyl (C=O) groups is 1. The number of aromatic nitrogens is 1. The molecule has 1 aliphatic rings. The fourth-order valence-corrected chi connectivity index (χ4v) is 3.75. The van der Waals surface area contributed by atoms with Gasteiger partial charge in [-0.2, -0.15) is 0 Å². The maximum Gasteiger partial charge on any atom is 0.319 e. The smallest absolute Gasteiger partial charge is 0.319 e. The lowest BCUT2D eigenvalue weighted by Gasteiger charge is -2.30. The van der Waals surface area contributed by atoms with E-state index >= 15 is 0 Å². The van der Waals surface area contributed by atoms with Crippen molar-refractivity contribution in [1.82, 2.24) is 15.2 Å². The van der Waals surface area contributed by atoms with Crippen LogP contribution >= 0.6 is 24.8 Å². The first-order valence-electron chi connectivity index (χ1n) is 10.2. The molecule has 0 aliphatic carbocycles. The molecule has 11 heteroatoms. The Morgan fingerprint density at radius 2 is 2.00 bits per heavy atom. The average Bonchev–Trinajstić information content (AvgIpc) is 3.12. The van der Waals surface area contributed by atoms with Gasteiger partial charge in [0.2, 0.25) is 0 Å². The van der Waals surface area contributed by atoms with E-state index < -0.39 is 24.3 Å². The van der Waals surface area contributed by atoms with Crippen LogP contribution in [0, 0.1) is 0 Å². The van der Waals surface area contributed by atoms with Gasteiger partial charge in [0.25, 0.3) is 0 Å². The molecule has 0 radical (unpaired) electrons. The molecule has 4 atom stereocenters. The molecule has 0 saturated carbocycles. The summed E-state index contributed by atoms with van der Waals surface area (Å²) in [5.74, 6) is 0.639. The summed E-state index contributed by atoms with van der Waals surface area (Å²) in [4.78, 5) is 18.6. The summed E-state index contributed by atoms with van der Waals surface area (Å²) in [6.45, 7) is 0.535. The monoisotopic (exact) mass is 502 g/mol. The van der Waals surface area contributed by atoms with Crippen LogP contribution in [0.3, 0.4) is 0 Å². The molecule has 184 valence electrons. The second-order valence-electron chi connectivity index (χ2n) is 7.50. The van der Waals surface area contributed by atoms with Gasteiger partial charge in [0, 0.05) is 43.2 Å². The molecular formula is C22H32Cl2N4O5. The van der Waals surface area contributed by atoms with E-state index in [0.717, 1.165) is 5.69 Å². The van der Waals surface area contributed by atoms with Crippen LogP contribution in [-0.4, -0.2) is 84.3 Å². The Morgan fingerprint density at radius 3 is 2.67 bits per heavy atom.